The highest BCUT2D eigenvalue weighted by Gasteiger charge is 2.40. The monoisotopic (exact) mass is 355 g/mol. The molecule has 5 nitrogen and oxygen atoms in total. The lowest BCUT2D eigenvalue weighted by Crippen LogP contribution is -2.48. The summed E-state index contributed by atoms with van der Waals surface area (Å²) in [6.07, 6.45) is 5.30. The molecule has 2 unspecified atom stereocenters. The zero-order chi connectivity index (χ0) is 16.8. The van der Waals surface area contributed by atoms with Crippen LogP contribution in [-0.2, 0) is 0 Å². The molecule has 128 valence electrons. The lowest BCUT2D eigenvalue weighted by atomic mass is 9.92. The fraction of sp³-hybridized carbons (Fsp3) is 0.389. The zero-order valence-electron chi connectivity index (χ0n) is 13.7. The maximum atomic E-state index is 13.2. The van der Waals surface area contributed by atoms with E-state index in [1.54, 1.807) is 23.7 Å². The highest BCUT2D eigenvalue weighted by atomic mass is 32.1. The van der Waals surface area contributed by atoms with Crippen LogP contribution in [0.15, 0.2) is 36.1 Å². The quantitative estimate of drug-likeness (QED) is 0.706. The van der Waals surface area contributed by atoms with Gasteiger partial charge in [-0.05, 0) is 42.3 Å². The third kappa shape index (κ3) is 2.54. The van der Waals surface area contributed by atoms with Gasteiger partial charge in [0.05, 0.1) is 22.5 Å². The first-order valence-corrected chi connectivity index (χ1v) is 9.49. The lowest BCUT2D eigenvalue weighted by molar-refractivity contribution is 0.388. The van der Waals surface area contributed by atoms with Crippen LogP contribution in [0.4, 0.5) is 16.0 Å². The van der Waals surface area contributed by atoms with Gasteiger partial charge in [0.15, 0.2) is 0 Å². The van der Waals surface area contributed by atoms with Gasteiger partial charge in [-0.3, -0.25) is 0 Å². The topological polar surface area (TPSA) is 45.2 Å². The van der Waals surface area contributed by atoms with Gasteiger partial charge in [0.25, 0.3) is 0 Å². The number of piperidine rings is 1. The minimum absolute atomic E-state index is 0.290. The SMILES string of the molecule is Fc1ccc(N2CCC3CCN(c4ncnc5ccsc45)C3C2)nc1. The molecule has 25 heavy (non-hydrogen) atoms. The van der Waals surface area contributed by atoms with Crippen molar-refractivity contribution in [1.29, 1.82) is 0 Å². The first-order chi connectivity index (χ1) is 12.3. The summed E-state index contributed by atoms with van der Waals surface area (Å²) in [5, 5.41) is 2.08. The molecule has 3 aromatic rings. The predicted molar refractivity (Wildman–Crippen MR) is 97.7 cm³/mol. The van der Waals surface area contributed by atoms with Crippen LogP contribution in [0.2, 0.25) is 0 Å². The van der Waals surface area contributed by atoms with Gasteiger partial charge in [-0.25, -0.2) is 19.3 Å². The van der Waals surface area contributed by atoms with E-state index < -0.39 is 0 Å². The Bertz CT molecular complexity index is 896. The molecule has 5 heterocycles. The molecule has 0 aromatic carbocycles. The van der Waals surface area contributed by atoms with Crippen molar-refractivity contribution in [2.24, 2.45) is 5.92 Å². The van der Waals surface area contributed by atoms with Crippen molar-refractivity contribution < 1.29 is 4.39 Å². The standard InChI is InChI=1S/C18H18FN5S/c19-13-1-2-16(20-9-13)23-6-3-12-4-7-24(15(12)10-23)18-17-14(5-8-25-17)21-11-22-18/h1-2,5,8-9,11-12,15H,3-4,6-7,10H2. The number of fused-ring (bicyclic) bond motifs is 2. The van der Waals surface area contributed by atoms with E-state index in [-0.39, 0.29) is 5.82 Å². The smallest absolute Gasteiger partial charge is 0.150 e. The summed E-state index contributed by atoms with van der Waals surface area (Å²) in [7, 11) is 0. The average molecular weight is 355 g/mol. The second-order valence-corrected chi connectivity index (χ2v) is 7.63. The molecule has 0 saturated carbocycles. The molecule has 0 amide bonds. The second-order valence-electron chi connectivity index (χ2n) is 6.71. The summed E-state index contributed by atoms with van der Waals surface area (Å²) >= 11 is 1.70. The van der Waals surface area contributed by atoms with Gasteiger partial charge in [0, 0.05) is 19.6 Å². The fourth-order valence-electron chi connectivity index (χ4n) is 4.15. The number of anilines is 2. The number of halogens is 1. The van der Waals surface area contributed by atoms with Gasteiger partial charge in [-0.15, -0.1) is 11.3 Å². The largest absolute Gasteiger partial charge is 0.355 e. The van der Waals surface area contributed by atoms with E-state index in [2.05, 4.69) is 30.1 Å². The van der Waals surface area contributed by atoms with Crippen molar-refractivity contribution in [3.8, 4) is 0 Å². The first-order valence-electron chi connectivity index (χ1n) is 8.61. The highest BCUT2D eigenvalue weighted by Crippen LogP contribution is 2.38. The van der Waals surface area contributed by atoms with Crippen LogP contribution >= 0.6 is 11.3 Å². The third-order valence-electron chi connectivity index (χ3n) is 5.39. The van der Waals surface area contributed by atoms with Crippen molar-refractivity contribution in [2.45, 2.75) is 18.9 Å². The van der Waals surface area contributed by atoms with Crippen molar-refractivity contribution in [3.63, 3.8) is 0 Å². The molecule has 0 spiro atoms. The Balaban J connectivity index is 1.45. The molecule has 2 aliphatic heterocycles. The maximum absolute atomic E-state index is 13.2. The van der Waals surface area contributed by atoms with Crippen LogP contribution in [0.5, 0.6) is 0 Å². The number of hydrogen-bond acceptors (Lipinski definition) is 6. The van der Waals surface area contributed by atoms with Crippen LogP contribution < -0.4 is 9.80 Å². The van der Waals surface area contributed by atoms with Gasteiger partial charge in [0.1, 0.15) is 23.8 Å². The Morgan fingerprint density at radius 3 is 2.88 bits per heavy atom. The maximum Gasteiger partial charge on any atom is 0.150 e. The molecule has 7 heteroatoms. The van der Waals surface area contributed by atoms with E-state index in [0.717, 1.165) is 43.2 Å². The number of nitrogens with zero attached hydrogens (tertiary/aromatic N) is 5. The lowest BCUT2D eigenvalue weighted by Gasteiger charge is -2.39. The highest BCUT2D eigenvalue weighted by molar-refractivity contribution is 7.17. The van der Waals surface area contributed by atoms with Crippen molar-refractivity contribution in [2.75, 3.05) is 29.4 Å². The molecule has 5 rings (SSSR count). The van der Waals surface area contributed by atoms with Crippen LogP contribution in [0.1, 0.15) is 12.8 Å². The number of thiophene rings is 1. The van der Waals surface area contributed by atoms with Crippen LogP contribution in [0.3, 0.4) is 0 Å². The van der Waals surface area contributed by atoms with Crippen molar-refractivity contribution >= 4 is 33.2 Å². The van der Waals surface area contributed by atoms with Gasteiger partial charge in [0.2, 0.25) is 0 Å². The summed E-state index contributed by atoms with van der Waals surface area (Å²) < 4.78 is 14.3. The molecule has 0 bridgehead atoms. The zero-order valence-corrected chi connectivity index (χ0v) is 14.5. The van der Waals surface area contributed by atoms with E-state index in [1.165, 1.54) is 23.4 Å². The summed E-state index contributed by atoms with van der Waals surface area (Å²) in [6.45, 7) is 2.91. The van der Waals surface area contributed by atoms with Gasteiger partial charge in [-0.1, -0.05) is 0 Å². The normalized spacial score (nSPS) is 23.2. The third-order valence-corrected chi connectivity index (χ3v) is 6.29. The second kappa shape index (κ2) is 5.91. The molecule has 2 saturated heterocycles. The molecule has 2 aliphatic rings. The van der Waals surface area contributed by atoms with Gasteiger partial charge >= 0.3 is 0 Å². The Morgan fingerprint density at radius 1 is 1.08 bits per heavy atom. The molecule has 2 atom stereocenters. The Hall–Kier alpha value is -2.28. The van der Waals surface area contributed by atoms with E-state index in [9.17, 15) is 4.39 Å². The molecule has 0 radical (unpaired) electrons. The van der Waals surface area contributed by atoms with Crippen LogP contribution in [0, 0.1) is 11.7 Å². The van der Waals surface area contributed by atoms with Crippen molar-refractivity contribution in [1.82, 2.24) is 15.0 Å². The van der Waals surface area contributed by atoms with Gasteiger partial charge in [-0.2, -0.15) is 0 Å². The van der Waals surface area contributed by atoms with E-state index >= 15 is 0 Å². The molecule has 3 aromatic heterocycles. The van der Waals surface area contributed by atoms with Crippen LogP contribution in [-0.4, -0.2) is 40.6 Å². The average Bonchev–Trinajstić information content (AvgIpc) is 3.28. The summed E-state index contributed by atoms with van der Waals surface area (Å²) in [4.78, 5) is 17.9. The number of hydrogen-bond donors (Lipinski definition) is 0. The number of aromatic nitrogens is 3. The predicted octanol–water partition coefficient (Wildman–Crippen LogP) is 3.33. The summed E-state index contributed by atoms with van der Waals surface area (Å²) in [6, 6.07) is 5.73. The Morgan fingerprint density at radius 2 is 2.00 bits per heavy atom. The molecule has 0 N–H and O–H groups in total. The molecule has 0 aliphatic carbocycles. The van der Waals surface area contributed by atoms with E-state index in [4.69, 9.17) is 0 Å². The molecular weight excluding hydrogens is 337 g/mol. The Kier molecular flexibility index (Phi) is 3.55. The minimum Gasteiger partial charge on any atom is -0.355 e. The van der Waals surface area contributed by atoms with E-state index in [0.29, 0.717) is 12.0 Å². The Labute approximate surface area is 149 Å². The summed E-state index contributed by atoms with van der Waals surface area (Å²) in [5.41, 5.74) is 1.02. The molecular formula is C18H18FN5S. The minimum atomic E-state index is -0.290. The number of rotatable bonds is 2. The van der Waals surface area contributed by atoms with Gasteiger partial charge < -0.3 is 9.80 Å². The number of pyridine rings is 1. The van der Waals surface area contributed by atoms with Crippen molar-refractivity contribution in [3.05, 3.63) is 41.9 Å². The molecule has 2 fully saturated rings. The van der Waals surface area contributed by atoms with E-state index in [1.807, 2.05) is 6.07 Å². The first kappa shape index (κ1) is 15.0. The van der Waals surface area contributed by atoms with Crippen LogP contribution in [0.25, 0.3) is 10.2 Å². The summed E-state index contributed by atoms with van der Waals surface area (Å²) in [5.74, 6) is 2.31. The fourth-order valence-corrected chi connectivity index (χ4v) is 5.00.